The summed E-state index contributed by atoms with van der Waals surface area (Å²) in [5.41, 5.74) is 0. The van der Waals surface area contributed by atoms with E-state index in [4.69, 9.17) is 4.74 Å². The quantitative estimate of drug-likeness (QED) is 0.387. The molecule has 124 valence electrons. The van der Waals surface area contributed by atoms with E-state index >= 15 is 0 Å². The van der Waals surface area contributed by atoms with E-state index in [1.165, 1.54) is 32.2 Å². The number of likely N-dealkylation sites (tertiary alicyclic amines) is 1. The van der Waals surface area contributed by atoms with Gasteiger partial charge in [0, 0.05) is 45.9 Å². The van der Waals surface area contributed by atoms with E-state index in [0.717, 1.165) is 51.3 Å². The Morgan fingerprint density at radius 3 is 2.76 bits per heavy atom. The van der Waals surface area contributed by atoms with Crippen molar-refractivity contribution in [2.45, 2.75) is 52.0 Å². The lowest BCUT2D eigenvalue weighted by Crippen LogP contribution is -2.46. The molecule has 0 aromatic carbocycles. The minimum absolute atomic E-state index is 0.779. The molecule has 2 N–H and O–H groups in total. The van der Waals surface area contributed by atoms with Crippen LogP contribution >= 0.6 is 0 Å². The van der Waals surface area contributed by atoms with Gasteiger partial charge in [-0.3, -0.25) is 9.89 Å². The first-order valence-corrected chi connectivity index (χ1v) is 8.58. The number of piperidine rings is 1. The number of hydrogen-bond acceptors (Lipinski definition) is 3. The number of aliphatic imine (C=N–C) groups is 1. The predicted molar refractivity (Wildman–Crippen MR) is 90.0 cm³/mol. The maximum Gasteiger partial charge on any atom is 0.191 e. The molecule has 1 heterocycles. The van der Waals surface area contributed by atoms with E-state index in [0.29, 0.717) is 0 Å². The van der Waals surface area contributed by atoms with Gasteiger partial charge in [-0.1, -0.05) is 13.3 Å². The molecule has 1 aliphatic heterocycles. The maximum atomic E-state index is 5.33. The fourth-order valence-corrected chi connectivity index (χ4v) is 2.88. The molecular formula is C16H34N4O. The SMILES string of the molecule is CCOCCCNC(=NC)NCCN1CCCCC1CC. The van der Waals surface area contributed by atoms with Crippen LogP contribution in [0.5, 0.6) is 0 Å². The summed E-state index contributed by atoms with van der Waals surface area (Å²) in [7, 11) is 1.83. The third-order valence-corrected chi connectivity index (χ3v) is 4.10. The Hall–Kier alpha value is -0.810. The van der Waals surface area contributed by atoms with Crippen LogP contribution in [0, 0.1) is 0 Å². The van der Waals surface area contributed by atoms with Crippen molar-refractivity contribution in [3.05, 3.63) is 0 Å². The lowest BCUT2D eigenvalue weighted by Gasteiger charge is -2.35. The van der Waals surface area contributed by atoms with Crippen molar-refractivity contribution in [3.8, 4) is 0 Å². The highest BCUT2D eigenvalue weighted by Gasteiger charge is 2.19. The zero-order valence-corrected chi connectivity index (χ0v) is 14.2. The Morgan fingerprint density at radius 2 is 2.05 bits per heavy atom. The van der Waals surface area contributed by atoms with Gasteiger partial charge in [-0.15, -0.1) is 0 Å². The standard InChI is InChI=1S/C16H34N4O/c1-4-15-9-6-7-12-20(15)13-11-19-16(17-3)18-10-8-14-21-5-2/h15H,4-14H2,1-3H3,(H2,17,18,19). The lowest BCUT2D eigenvalue weighted by atomic mass is 10.0. The molecule has 1 unspecified atom stereocenters. The molecule has 1 saturated heterocycles. The minimum atomic E-state index is 0.779. The largest absolute Gasteiger partial charge is 0.382 e. The van der Waals surface area contributed by atoms with E-state index in [1.807, 2.05) is 14.0 Å². The second-order valence-corrected chi connectivity index (χ2v) is 5.57. The van der Waals surface area contributed by atoms with Crippen molar-refractivity contribution in [3.63, 3.8) is 0 Å². The Morgan fingerprint density at radius 1 is 1.24 bits per heavy atom. The van der Waals surface area contributed by atoms with Crippen LogP contribution in [0.1, 0.15) is 46.0 Å². The van der Waals surface area contributed by atoms with Crippen molar-refractivity contribution in [2.75, 3.05) is 46.4 Å². The molecule has 1 fully saturated rings. The van der Waals surface area contributed by atoms with Gasteiger partial charge in [0.2, 0.25) is 0 Å². The Labute approximate surface area is 130 Å². The van der Waals surface area contributed by atoms with Crippen LogP contribution in [0.15, 0.2) is 4.99 Å². The third-order valence-electron chi connectivity index (χ3n) is 4.10. The molecule has 0 radical (unpaired) electrons. The van der Waals surface area contributed by atoms with Crippen LogP contribution in [0.25, 0.3) is 0 Å². The second kappa shape index (κ2) is 11.8. The number of hydrogen-bond donors (Lipinski definition) is 2. The normalized spacial score (nSPS) is 20.5. The van der Waals surface area contributed by atoms with Crippen molar-refractivity contribution >= 4 is 5.96 Å². The van der Waals surface area contributed by atoms with E-state index in [2.05, 4.69) is 27.4 Å². The third kappa shape index (κ3) is 7.67. The number of rotatable bonds is 9. The fraction of sp³-hybridized carbons (Fsp3) is 0.938. The monoisotopic (exact) mass is 298 g/mol. The summed E-state index contributed by atoms with van der Waals surface area (Å²) in [6.45, 7) is 10.2. The van der Waals surface area contributed by atoms with Gasteiger partial charge in [-0.25, -0.2) is 0 Å². The molecule has 1 atom stereocenters. The molecular weight excluding hydrogens is 264 g/mol. The summed E-state index contributed by atoms with van der Waals surface area (Å²) in [6.07, 6.45) is 6.39. The van der Waals surface area contributed by atoms with Crippen LogP contribution < -0.4 is 10.6 Å². The highest BCUT2D eigenvalue weighted by atomic mass is 16.5. The predicted octanol–water partition coefficient (Wildman–Crippen LogP) is 1.84. The molecule has 1 rings (SSSR count). The Kier molecular flexibility index (Phi) is 10.3. The molecule has 0 spiro atoms. The van der Waals surface area contributed by atoms with Gasteiger partial charge in [0.25, 0.3) is 0 Å². The summed E-state index contributed by atoms with van der Waals surface area (Å²) in [6, 6.07) is 0.779. The molecule has 0 amide bonds. The van der Waals surface area contributed by atoms with Gasteiger partial charge in [-0.2, -0.15) is 0 Å². The molecule has 0 aliphatic carbocycles. The van der Waals surface area contributed by atoms with Crippen molar-refractivity contribution < 1.29 is 4.74 Å². The molecule has 1 aliphatic rings. The molecule has 0 bridgehead atoms. The van der Waals surface area contributed by atoms with Gasteiger partial charge in [-0.05, 0) is 39.2 Å². The second-order valence-electron chi connectivity index (χ2n) is 5.57. The minimum Gasteiger partial charge on any atom is -0.382 e. The van der Waals surface area contributed by atoms with Crippen LogP contribution in [-0.4, -0.2) is 63.3 Å². The van der Waals surface area contributed by atoms with Crippen LogP contribution in [-0.2, 0) is 4.74 Å². The molecule has 5 nitrogen and oxygen atoms in total. The smallest absolute Gasteiger partial charge is 0.191 e. The van der Waals surface area contributed by atoms with E-state index in [1.54, 1.807) is 0 Å². The lowest BCUT2D eigenvalue weighted by molar-refractivity contribution is 0.145. The zero-order chi connectivity index (χ0) is 15.3. The van der Waals surface area contributed by atoms with Crippen LogP contribution in [0.2, 0.25) is 0 Å². The van der Waals surface area contributed by atoms with Gasteiger partial charge < -0.3 is 15.4 Å². The van der Waals surface area contributed by atoms with Gasteiger partial charge in [0.05, 0.1) is 0 Å². The molecule has 21 heavy (non-hydrogen) atoms. The average Bonchev–Trinajstić information content (AvgIpc) is 2.53. The fourth-order valence-electron chi connectivity index (χ4n) is 2.88. The maximum absolute atomic E-state index is 5.33. The van der Waals surface area contributed by atoms with Gasteiger partial charge in [0.1, 0.15) is 0 Å². The Bertz CT molecular complexity index is 283. The van der Waals surface area contributed by atoms with Crippen molar-refractivity contribution in [1.82, 2.24) is 15.5 Å². The Balaban J connectivity index is 2.13. The summed E-state index contributed by atoms with van der Waals surface area (Å²) in [5.74, 6) is 0.900. The number of guanidine groups is 1. The zero-order valence-electron chi connectivity index (χ0n) is 14.2. The van der Waals surface area contributed by atoms with Crippen LogP contribution in [0.3, 0.4) is 0 Å². The van der Waals surface area contributed by atoms with Crippen molar-refractivity contribution in [2.24, 2.45) is 4.99 Å². The highest BCUT2D eigenvalue weighted by Crippen LogP contribution is 2.18. The summed E-state index contributed by atoms with van der Waals surface area (Å²) >= 11 is 0. The first-order chi connectivity index (χ1) is 10.3. The highest BCUT2D eigenvalue weighted by molar-refractivity contribution is 5.79. The topological polar surface area (TPSA) is 48.9 Å². The summed E-state index contributed by atoms with van der Waals surface area (Å²) in [4.78, 5) is 6.89. The first-order valence-electron chi connectivity index (χ1n) is 8.58. The summed E-state index contributed by atoms with van der Waals surface area (Å²) < 4.78 is 5.33. The van der Waals surface area contributed by atoms with E-state index in [9.17, 15) is 0 Å². The number of nitrogens with one attached hydrogen (secondary N) is 2. The average molecular weight is 298 g/mol. The van der Waals surface area contributed by atoms with Crippen molar-refractivity contribution in [1.29, 1.82) is 0 Å². The first kappa shape index (κ1) is 18.2. The number of ether oxygens (including phenoxy) is 1. The molecule has 0 aromatic heterocycles. The van der Waals surface area contributed by atoms with E-state index in [-0.39, 0.29) is 0 Å². The molecule has 0 aromatic rings. The van der Waals surface area contributed by atoms with Gasteiger partial charge >= 0.3 is 0 Å². The van der Waals surface area contributed by atoms with Crippen LogP contribution in [0.4, 0.5) is 0 Å². The molecule has 0 saturated carbocycles. The van der Waals surface area contributed by atoms with E-state index < -0.39 is 0 Å². The molecule has 5 heteroatoms. The number of nitrogens with zero attached hydrogens (tertiary/aromatic N) is 2. The summed E-state index contributed by atoms with van der Waals surface area (Å²) in [5, 5.41) is 6.74. The van der Waals surface area contributed by atoms with Gasteiger partial charge in [0.15, 0.2) is 5.96 Å².